The summed E-state index contributed by atoms with van der Waals surface area (Å²) in [5.74, 6) is -1.33. The van der Waals surface area contributed by atoms with Gasteiger partial charge in [0.05, 0.1) is 39.4 Å². The van der Waals surface area contributed by atoms with Gasteiger partial charge in [0, 0.05) is 5.02 Å². The van der Waals surface area contributed by atoms with Crippen molar-refractivity contribution in [3.63, 3.8) is 0 Å². The Hall–Kier alpha value is -2.93. The smallest absolute Gasteiger partial charge is 0.341 e. The number of carbonyl (C=O) groups excluding carboxylic acids is 4. The summed E-state index contributed by atoms with van der Waals surface area (Å²) in [6.07, 6.45) is 0. The lowest BCUT2D eigenvalue weighted by atomic mass is 10.0. The maximum Gasteiger partial charge on any atom is 0.341 e. The van der Waals surface area contributed by atoms with Gasteiger partial charge >= 0.3 is 5.97 Å². The number of anilines is 1. The zero-order valence-corrected chi connectivity index (χ0v) is 25.0. The predicted molar refractivity (Wildman–Crippen MR) is 152 cm³/mol. The van der Waals surface area contributed by atoms with Crippen molar-refractivity contribution in [3.8, 4) is 0 Å². The lowest BCUT2D eigenvalue weighted by Crippen LogP contribution is -2.32. The second-order valence-corrected chi connectivity index (χ2v) is 11.5. The molecule has 3 rings (SSSR count). The van der Waals surface area contributed by atoms with Crippen molar-refractivity contribution in [2.24, 2.45) is 5.92 Å². The molecule has 0 saturated heterocycles. The molecule has 2 heterocycles. The summed E-state index contributed by atoms with van der Waals surface area (Å²) in [4.78, 5) is 54.8. The number of esters is 1. The van der Waals surface area contributed by atoms with Crippen molar-refractivity contribution >= 4 is 74.9 Å². The van der Waals surface area contributed by atoms with Crippen LogP contribution in [0.5, 0.6) is 0 Å². The van der Waals surface area contributed by atoms with Crippen molar-refractivity contribution in [3.05, 3.63) is 55.6 Å². The van der Waals surface area contributed by atoms with E-state index in [1.165, 1.54) is 13.0 Å². The van der Waals surface area contributed by atoms with Crippen molar-refractivity contribution in [2.75, 3.05) is 17.7 Å². The third-order valence-electron chi connectivity index (χ3n) is 5.44. The minimum atomic E-state index is -0.609. The van der Waals surface area contributed by atoms with Crippen LogP contribution in [-0.2, 0) is 9.53 Å². The number of halogens is 2. The van der Waals surface area contributed by atoms with Crippen LogP contribution in [-0.4, -0.2) is 51.1 Å². The standard InChI is InChI=1S/C25H27Cl2N5O5S2/c1-6-37-24(36)18-12(4)20(13(5)33)39-23(18)28-17(34)10-38-25-30-21(31-32-25)19(11(2)3)29-22(35)15-8-7-14(26)9-16(15)27/h7-9,11,19H,6,10H2,1-5H3,(H,28,34)(H,29,35)(H,30,31,32)/t19-/m1/s1. The Bertz CT molecular complexity index is 1410. The van der Waals surface area contributed by atoms with Gasteiger partial charge in [-0.25, -0.2) is 9.78 Å². The van der Waals surface area contributed by atoms with E-state index < -0.39 is 23.8 Å². The maximum absolute atomic E-state index is 12.8. The second-order valence-electron chi connectivity index (χ2n) is 8.70. The number of carbonyl (C=O) groups is 4. The number of nitrogens with zero attached hydrogens (tertiary/aromatic N) is 2. The number of ketones is 1. The third-order valence-corrected chi connectivity index (χ3v) is 8.14. The van der Waals surface area contributed by atoms with E-state index in [1.54, 1.807) is 26.0 Å². The van der Waals surface area contributed by atoms with Gasteiger partial charge in [-0.1, -0.05) is 48.8 Å². The van der Waals surface area contributed by atoms with Gasteiger partial charge in [0.2, 0.25) is 11.1 Å². The van der Waals surface area contributed by atoms with Crippen LogP contribution in [0.15, 0.2) is 23.4 Å². The lowest BCUT2D eigenvalue weighted by molar-refractivity contribution is -0.113. The Morgan fingerprint density at radius 1 is 1.21 bits per heavy atom. The van der Waals surface area contributed by atoms with Crippen LogP contribution >= 0.6 is 46.3 Å². The van der Waals surface area contributed by atoms with E-state index in [4.69, 9.17) is 27.9 Å². The van der Waals surface area contributed by atoms with Crippen LogP contribution in [0.25, 0.3) is 0 Å². The average molecular weight is 613 g/mol. The van der Waals surface area contributed by atoms with Crippen LogP contribution < -0.4 is 10.6 Å². The number of thioether (sulfide) groups is 1. The van der Waals surface area contributed by atoms with Crippen LogP contribution in [0.3, 0.4) is 0 Å². The van der Waals surface area contributed by atoms with Crippen LogP contribution in [0.2, 0.25) is 10.0 Å². The van der Waals surface area contributed by atoms with Crippen LogP contribution in [0.4, 0.5) is 5.00 Å². The molecular weight excluding hydrogens is 585 g/mol. The Kier molecular flexibility index (Phi) is 10.5. The van der Waals surface area contributed by atoms with E-state index in [1.807, 2.05) is 13.8 Å². The van der Waals surface area contributed by atoms with E-state index in [0.29, 0.717) is 26.4 Å². The van der Waals surface area contributed by atoms with Gasteiger partial charge in [0.1, 0.15) is 10.8 Å². The highest BCUT2D eigenvalue weighted by Gasteiger charge is 2.26. The van der Waals surface area contributed by atoms with Gasteiger partial charge in [-0.2, -0.15) is 0 Å². The number of rotatable bonds is 11. The molecule has 0 unspecified atom stereocenters. The highest BCUT2D eigenvalue weighted by Crippen LogP contribution is 2.34. The van der Waals surface area contributed by atoms with E-state index >= 15 is 0 Å². The van der Waals surface area contributed by atoms with Gasteiger partial charge in [-0.05, 0) is 50.5 Å². The fraction of sp³-hybridized carbons (Fsp3) is 0.360. The number of amides is 2. The predicted octanol–water partition coefficient (Wildman–Crippen LogP) is 5.72. The fourth-order valence-electron chi connectivity index (χ4n) is 3.58. The van der Waals surface area contributed by atoms with Gasteiger partial charge in [0.25, 0.3) is 5.91 Å². The van der Waals surface area contributed by atoms with Crippen LogP contribution in [0, 0.1) is 12.8 Å². The van der Waals surface area contributed by atoms with Gasteiger partial charge in [-0.3, -0.25) is 19.5 Å². The molecule has 10 nitrogen and oxygen atoms in total. The molecule has 0 aliphatic carbocycles. The zero-order chi connectivity index (χ0) is 28.9. The summed E-state index contributed by atoms with van der Waals surface area (Å²) >= 11 is 14.2. The normalized spacial score (nSPS) is 11.8. The Labute approximate surface area is 243 Å². The molecule has 0 fully saturated rings. The molecule has 0 spiro atoms. The summed E-state index contributed by atoms with van der Waals surface area (Å²) in [5, 5.41) is 13.8. The Balaban J connectivity index is 1.68. The quantitative estimate of drug-likeness (QED) is 0.142. The minimum Gasteiger partial charge on any atom is -0.462 e. The third kappa shape index (κ3) is 7.59. The zero-order valence-electron chi connectivity index (χ0n) is 21.8. The monoisotopic (exact) mass is 611 g/mol. The summed E-state index contributed by atoms with van der Waals surface area (Å²) in [6.45, 7) is 8.70. The van der Waals surface area contributed by atoms with E-state index in [0.717, 1.165) is 23.1 Å². The Morgan fingerprint density at radius 3 is 2.54 bits per heavy atom. The summed E-state index contributed by atoms with van der Waals surface area (Å²) < 4.78 is 5.10. The van der Waals surface area contributed by atoms with Gasteiger partial charge in [-0.15, -0.1) is 16.4 Å². The second kappa shape index (κ2) is 13.4. The molecule has 0 radical (unpaired) electrons. The first-order valence-corrected chi connectivity index (χ1v) is 14.4. The summed E-state index contributed by atoms with van der Waals surface area (Å²) in [7, 11) is 0. The van der Waals surface area contributed by atoms with E-state index in [-0.39, 0.29) is 45.2 Å². The molecule has 0 bridgehead atoms. The SMILES string of the molecule is CCOC(=O)c1c(NC(=O)CSc2n[nH]c([C@H](NC(=O)c3ccc(Cl)cc3Cl)C(C)C)n2)sc(C(C)=O)c1C. The lowest BCUT2D eigenvalue weighted by Gasteiger charge is -2.20. The number of Topliss-reactive ketones (excluding diaryl/α,β-unsaturated/α-hetero) is 1. The molecular formula is C25H27Cl2N5O5S2. The number of nitrogens with one attached hydrogen (secondary N) is 3. The first kappa shape index (κ1) is 30.6. The highest BCUT2D eigenvalue weighted by atomic mass is 35.5. The molecule has 1 aromatic carbocycles. The molecule has 2 amide bonds. The molecule has 14 heteroatoms. The number of aromatic amines is 1. The molecule has 208 valence electrons. The molecule has 3 aromatic rings. The van der Waals surface area contributed by atoms with Gasteiger partial charge in [0.15, 0.2) is 5.78 Å². The average Bonchev–Trinajstić information content (AvgIpc) is 3.45. The minimum absolute atomic E-state index is 0.0482. The summed E-state index contributed by atoms with van der Waals surface area (Å²) in [6, 6.07) is 4.10. The molecule has 0 aliphatic heterocycles. The first-order valence-electron chi connectivity index (χ1n) is 11.8. The van der Waals surface area contributed by atoms with Crippen molar-refractivity contribution < 1.29 is 23.9 Å². The van der Waals surface area contributed by atoms with E-state index in [2.05, 4.69) is 25.8 Å². The van der Waals surface area contributed by atoms with Crippen molar-refractivity contribution in [2.45, 2.75) is 45.8 Å². The van der Waals surface area contributed by atoms with Crippen molar-refractivity contribution in [1.82, 2.24) is 20.5 Å². The number of ether oxygens (including phenoxy) is 1. The number of hydrogen-bond donors (Lipinski definition) is 3. The summed E-state index contributed by atoms with van der Waals surface area (Å²) in [5.41, 5.74) is 0.910. The number of aromatic nitrogens is 3. The molecule has 1 atom stereocenters. The maximum atomic E-state index is 12.8. The fourth-order valence-corrected chi connectivity index (χ4v) is 5.79. The number of benzene rings is 1. The Morgan fingerprint density at radius 2 is 1.92 bits per heavy atom. The van der Waals surface area contributed by atoms with Crippen LogP contribution in [0.1, 0.15) is 75.5 Å². The molecule has 0 aliphatic rings. The molecule has 0 saturated carbocycles. The number of thiophene rings is 1. The number of hydrogen-bond acceptors (Lipinski definition) is 9. The highest BCUT2D eigenvalue weighted by molar-refractivity contribution is 7.99. The number of H-pyrrole nitrogens is 1. The molecule has 39 heavy (non-hydrogen) atoms. The van der Waals surface area contributed by atoms with E-state index in [9.17, 15) is 19.2 Å². The van der Waals surface area contributed by atoms with Crippen molar-refractivity contribution in [1.29, 1.82) is 0 Å². The molecule has 2 aromatic heterocycles. The van der Waals surface area contributed by atoms with Gasteiger partial charge < -0.3 is 15.4 Å². The first-order chi connectivity index (χ1) is 18.4. The topological polar surface area (TPSA) is 143 Å². The largest absolute Gasteiger partial charge is 0.462 e. The molecule has 3 N–H and O–H groups in total.